The lowest BCUT2D eigenvalue weighted by molar-refractivity contribution is 0.0517. The van der Waals surface area contributed by atoms with Crippen molar-refractivity contribution >= 4 is 33.1 Å². The number of carbonyl (C=O) groups is 1. The smallest absolute Gasteiger partial charge is 0.266 e. The highest BCUT2D eigenvalue weighted by molar-refractivity contribution is 7.21. The second-order valence-corrected chi connectivity index (χ2v) is 6.54. The van der Waals surface area contributed by atoms with E-state index in [1.54, 1.807) is 6.20 Å². The van der Waals surface area contributed by atoms with E-state index in [-0.39, 0.29) is 18.0 Å². The Balaban J connectivity index is 2.01. The van der Waals surface area contributed by atoms with Gasteiger partial charge in [-0.3, -0.25) is 4.79 Å². The third-order valence-corrected chi connectivity index (χ3v) is 5.24. The number of nitrogens with zero attached hydrogens (tertiary/aromatic N) is 2. The van der Waals surface area contributed by atoms with Crippen LogP contribution in [-0.2, 0) is 0 Å². The van der Waals surface area contributed by atoms with Crippen LogP contribution in [0.3, 0.4) is 0 Å². The molecule has 2 aromatic heterocycles. The van der Waals surface area contributed by atoms with Gasteiger partial charge in [0.1, 0.15) is 9.71 Å². The molecule has 1 amide bonds. The van der Waals surface area contributed by atoms with Crippen molar-refractivity contribution in [1.29, 1.82) is 0 Å². The van der Waals surface area contributed by atoms with Crippen molar-refractivity contribution in [3.8, 4) is 0 Å². The lowest BCUT2D eigenvalue weighted by Gasteiger charge is -2.38. The number of anilines is 1. The van der Waals surface area contributed by atoms with E-state index in [1.807, 2.05) is 17.0 Å². The van der Waals surface area contributed by atoms with Crippen molar-refractivity contribution < 1.29 is 4.79 Å². The first-order valence-corrected chi connectivity index (χ1v) is 7.87. The summed E-state index contributed by atoms with van der Waals surface area (Å²) in [5, 5.41) is 0.887. The van der Waals surface area contributed by atoms with Gasteiger partial charge in [-0.1, -0.05) is 0 Å². The first-order chi connectivity index (χ1) is 9.59. The van der Waals surface area contributed by atoms with E-state index < -0.39 is 0 Å². The molecular formula is C15H19N3OS. The first-order valence-electron chi connectivity index (χ1n) is 7.05. The Hall–Kier alpha value is -1.62. The summed E-state index contributed by atoms with van der Waals surface area (Å²) in [6.07, 6.45) is 5.06. The molecule has 2 atom stereocenters. The molecular weight excluding hydrogens is 270 g/mol. The van der Waals surface area contributed by atoms with Gasteiger partial charge in [0.25, 0.3) is 5.91 Å². The van der Waals surface area contributed by atoms with Crippen molar-refractivity contribution in [2.45, 2.75) is 45.2 Å². The molecule has 1 fully saturated rings. The number of carbonyl (C=O) groups excluding carboxylic acids is 1. The summed E-state index contributed by atoms with van der Waals surface area (Å²) < 4.78 is 0. The van der Waals surface area contributed by atoms with Gasteiger partial charge in [-0.25, -0.2) is 4.98 Å². The van der Waals surface area contributed by atoms with Gasteiger partial charge in [0.2, 0.25) is 0 Å². The molecule has 3 rings (SSSR count). The minimum absolute atomic E-state index is 0.0604. The van der Waals surface area contributed by atoms with Crippen molar-refractivity contribution in [2.24, 2.45) is 0 Å². The van der Waals surface area contributed by atoms with E-state index in [4.69, 9.17) is 5.73 Å². The quantitative estimate of drug-likeness (QED) is 0.876. The zero-order chi connectivity index (χ0) is 14.3. The highest BCUT2D eigenvalue weighted by Crippen LogP contribution is 2.35. The zero-order valence-electron chi connectivity index (χ0n) is 11.8. The van der Waals surface area contributed by atoms with Crippen LogP contribution in [0.25, 0.3) is 10.2 Å². The topological polar surface area (TPSA) is 59.2 Å². The third kappa shape index (κ3) is 2.06. The van der Waals surface area contributed by atoms with E-state index in [0.717, 1.165) is 23.1 Å². The number of amides is 1. The second-order valence-electron chi connectivity index (χ2n) is 5.54. The SMILES string of the molecule is C[C@@H]1CCC[C@H](C)N1C(=O)c1sc2ncccc2c1N. The van der Waals surface area contributed by atoms with Gasteiger partial charge in [0.05, 0.1) is 5.69 Å². The summed E-state index contributed by atoms with van der Waals surface area (Å²) in [4.78, 5) is 20.6. The zero-order valence-corrected chi connectivity index (χ0v) is 12.6. The molecule has 1 saturated heterocycles. The largest absolute Gasteiger partial charge is 0.397 e. The number of thiophene rings is 1. The number of fused-ring (bicyclic) bond motifs is 1. The number of pyridine rings is 1. The van der Waals surface area contributed by atoms with Gasteiger partial charge in [-0.15, -0.1) is 11.3 Å². The Morgan fingerprint density at radius 2 is 2.10 bits per heavy atom. The summed E-state index contributed by atoms with van der Waals surface area (Å²) in [7, 11) is 0. The van der Waals surface area contributed by atoms with Crippen LogP contribution >= 0.6 is 11.3 Å². The van der Waals surface area contributed by atoms with Crippen molar-refractivity contribution in [1.82, 2.24) is 9.88 Å². The molecule has 0 aliphatic carbocycles. The molecule has 0 aromatic carbocycles. The van der Waals surface area contributed by atoms with Crippen LogP contribution < -0.4 is 5.73 Å². The molecule has 0 spiro atoms. The number of nitrogen functional groups attached to an aromatic ring is 1. The molecule has 0 bridgehead atoms. The van der Waals surface area contributed by atoms with Crippen molar-refractivity contribution in [2.75, 3.05) is 5.73 Å². The maximum Gasteiger partial charge on any atom is 0.266 e. The van der Waals surface area contributed by atoms with Gasteiger partial charge in [-0.2, -0.15) is 0 Å². The number of piperidine rings is 1. The molecule has 2 aromatic rings. The van der Waals surface area contributed by atoms with Crippen LogP contribution in [0, 0.1) is 0 Å². The van der Waals surface area contributed by atoms with Crippen LogP contribution in [-0.4, -0.2) is 27.9 Å². The number of nitrogens with two attached hydrogens (primary N) is 1. The van der Waals surface area contributed by atoms with Gasteiger partial charge >= 0.3 is 0 Å². The van der Waals surface area contributed by atoms with Crippen LogP contribution in [0.1, 0.15) is 42.8 Å². The average molecular weight is 289 g/mol. The lowest BCUT2D eigenvalue weighted by Crippen LogP contribution is -2.47. The monoisotopic (exact) mass is 289 g/mol. The molecule has 0 radical (unpaired) electrons. The molecule has 0 saturated carbocycles. The fraction of sp³-hybridized carbons (Fsp3) is 0.467. The summed E-state index contributed by atoms with van der Waals surface area (Å²) >= 11 is 1.40. The maximum absolute atomic E-state index is 12.8. The fourth-order valence-electron chi connectivity index (χ4n) is 3.05. The molecule has 106 valence electrons. The number of hydrogen-bond acceptors (Lipinski definition) is 4. The highest BCUT2D eigenvalue weighted by atomic mass is 32.1. The Morgan fingerprint density at radius 3 is 2.75 bits per heavy atom. The molecule has 20 heavy (non-hydrogen) atoms. The highest BCUT2D eigenvalue weighted by Gasteiger charge is 2.32. The minimum Gasteiger partial charge on any atom is -0.397 e. The Labute approximate surface area is 122 Å². The average Bonchev–Trinajstić information content (AvgIpc) is 2.76. The van der Waals surface area contributed by atoms with E-state index in [1.165, 1.54) is 17.8 Å². The predicted octanol–water partition coefficient (Wildman–Crippen LogP) is 3.28. The van der Waals surface area contributed by atoms with Gasteiger partial charge in [-0.05, 0) is 45.2 Å². The molecule has 0 unspecified atom stereocenters. The van der Waals surface area contributed by atoms with Gasteiger partial charge in [0.15, 0.2) is 0 Å². The third-order valence-electron chi connectivity index (χ3n) is 4.13. The van der Waals surface area contributed by atoms with Crippen LogP contribution in [0.2, 0.25) is 0 Å². The number of rotatable bonds is 1. The Morgan fingerprint density at radius 1 is 1.40 bits per heavy atom. The number of likely N-dealkylation sites (tertiary alicyclic amines) is 1. The minimum atomic E-state index is 0.0604. The van der Waals surface area contributed by atoms with E-state index in [0.29, 0.717) is 10.6 Å². The second kappa shape index (κ2) is 5.05. The summed E-state index contributed by atoms with van der Waals surface area (Å²) in [6.45, 7) is 4.24. The number of hydrogen-bond donors (Lipinski definition) is 1. The van der Waals surface area contributed by atoms with E-state index >= 15 is 0 Å². The first kappa shape index (κ1) is 13.4. The lowest BCUT2D eigenvalue weighted by atomic mass is 9.97. The van der Waals surface area contributed by atoms with Crippen molar-refractivity contribution in [3.05, 3.63) is 23.2 Å². The van der Waals surface area contributed by atoms with Crippen LogP contribution in [0.15, 0.2) is 18.3 Å². The molecule has 1 aliphatic rings. The van der Waals surface area contributed by atoms with E-state index in [9.17, 15) is 4.79 Å². The summed E-state index contributed by atoms with van der Waals surface area (Å²) in [5.41, 5.74) is 6.74. The van der Waals surface area contributed by atoms with Gasteiger partial charge < -0.3 is 10.6 Å². The van der Waals surface area contributed by atoms with Crippen molar-refractivity contribution in [3.63, 3.8) is 0 Å². The Kier molecular flexibility index (Phi) is 3.38. The predicted molar refractivity (Wildman–Crippen MR) is 83.0 cm³/mol. The number of aromatic nitrogens is 1. The maximum atomic E-state index is 12.8. The van der Waals surface area contributed by atoms with Crippen LogP contribution in [0.4, 0.5) is 5.69 Å². The standard InChI is InChI=1S/C15H19N3OS/c1-9-5-3-6-10(2)18(9)15(19)13-12(16)11-7-4-8-17-14(11)20-13/h4,7-10H,3,5-6,16H2,1-2H3/t9-,10+. The van der Waals surface area contributed by atoms with E-state index in [2.05, 4.69) is 18.8 Å². The van der Waals surface area contributed by atoms with Gasteiger partial charge in [0, 0.05) is 23.7 Å². The molecule has 1 aliphatic heterocycles. The fourth-order valence-corrected chi connectivity index (χ4v) is 4.06. The summed E-state index contributed by atoms with van der Waals surface area (Å²) in [5.74, 6) is 0.0604. The molecule has 4 nitrogen and oxygen atoms in total. The summed E-state index contributed by atoms with van der Waals surface area (Å²) in [6, 6.07) is 4.34. The molecule has 2 N–H and O–H groups in total. The normalized spacial score (nSPS) is 23.2. The molecule has 5 heteroatoms. The van der Waals surface area contributed by atoms with Crippen LogP contribution in [0.5, 0.6) is 0 Å². The Bertz CT molecular complexity index is 642. The molecule has 3 heterocycles.